The molecule has 1 aromatic rings. The van der Waals surface area contributed by atoms with E-state index in [0.717, 1.165) is 32.0 Å². The molecule has 23 heavy (non-hydrogen) atoms. The van der Waals surface area contributed by atoms with E-state index in [1.165, 1.54) is 25.7 Å². The van der Waals surface area contributed by atoms with Gasteiger partial charge in [-0.1, -0.05) is 12.8 Å². The normalized spacial score (nSPS) is 29.4. The van der Waals surface area contributed by atoms with Gasteiger partial charge in [-0.3, -0.25) is 9.69 Å². The van der Waals surface area contributed by atoms with Gasteiger partial charge >= 0.3 is 0 Å². The summed E-state index contributed by atoms with van der Waals surface area (Å²) in [6.45, 7) is 3.80. The predicted octanol–water partition coefficient (Wildman–Crippen LogP) is 1.02. The molecule has 2 saturated heterocycles. The number of amides is 1. The maximum absolute atomic E-state index is 12.4. The lowest BCUT2D eigenvalue weighted by Crippen LogP contribution is -2.55. The second-order valence-corrected chi connectivity index (χ2v) is 7.26. The number of fused-ring (bicyclic) bond motifs is 1. The van der Waals surface area contributed by atoms with Crippen LogP contribution in [-0.2, 0) is 23.1 Å². The number of rotatable bonds is 4. The Morgan fingerprint density at radius 3 is 2.87 bits per heavy atom. The third-order valence-corrected chi connectivity index (χ3v) is 5.67. The summed E-state index contributed by atoms with van der Waals surface area (Å²) in [6, 6.07) is 0.220. The summed E-state index contributed by atoms with van der Waals surface area (Å²) >= 11 is 0. The van der Waals surface area contributed by atoms with Gasteiger partial charge in [0, 0.05) is 39.1 Å². The van der Waals surface area contributed by atoms with E-state index >= 15 is 0 Å². The van der Waals surface area contributed by atoms with Crippen molar-refractivity contribution in [1.29, 1.82) is 0 Å². The van der Waals surface area contributed by atoms with Gasteiger partial charge in [0.1, 0.15) is 12.4 Å². The van der Waals surface area contributed by atoms with Gasteiger partial charge in [-0.25, -0.2) is 4.98 Å². The Morgan fingerprint density at radius 1 is 1.30 bits per heavy atom. The summed E-state index contributed by atoms with van der Waals surface area (Å²) in [6.07, 6.45) is 9.17. The van der Waals surface area contributed by atoms with Crippen LogP contribution < -0.4 is 0 Å². The van der Waals surface area contributed by atoms with Crippen molar-refractivity contribution < 1.29 is 9.53 Å². The smallest absolute Gasteiger partial charge is 0.248 e. The van der Waals surface area contributed by atoms with Crippen LogP contribution in [0.5, 0.6) is 0 Å². The predicted molar refractivity (Wildman–Crippen MR) is 85.7 cm³/mol. The van der Waals surface area contributed by atoms with Gasteiger partial charge in [-0.15, -0.1) is 0 Å². The molecule has 0 radical (unpaired) electrons. The first kappa shape index (κ1) is 15.1. The van der Waals surface area contributed by atoms with Crippen LogP contribution in [0.1, 0.15) is 31.5 Å². The number of imidazole rings is 1. The number of hydrogen-bond donors (Lipinski definition) is 0. The molecule has 0 aromatic carbocycles. The molecule has 6 nitrogen and oxygen atoms in total. The highest BCUT2D eigenvalue weighted by Gasteiger charge is 2.43. The SMILES string of the molecule is Cn1ccnc1CN1C[C@@H]2[C@@H](C1)OCC(=O)N2CC1CCCC1. The molecule has 3 aliphatic rings. The second-order valence-electron chi connectivity index (χ2n) is 7.26. The van der Waals surface area contributed by atoms with E-state index in [9.17, 15) is 4.79 Å². The Bertz CT molecular complexity index is 567. The fourth-order valence-electron chi connectivity index (χ4n) is 4.33. The number of ether oxygens (including phenoxy) is 1. The molecule has 126 valence electrons. The Balaban J connectivity index is 1.43. The Hall–Kier alpha value is -1.40. The number of hydrogen-bond acceptors (Lipinski definition) is 4. The van der Waals surface area contributed by atoms with Gasteiger partial charge in [0.2, 0.25) is 5.91 Å². The average Bonchev–Trinajstić information content (AvgIpc) is 3.25. The lowest BCUT2D eigenvalue weighted by Gasteiger charge is -2.38. The largest absolute Gasteiger partial charge is 0.365 e. The van der Waals surface area contributed by atoms with E-state index in [2.05, 4.69) is 19.4 Å². The van der Waals surface area contributed by atoms with Crippen molar-refractivity contribution in [3.05, 3.63) is 18.2 Å². The van der Waals surface area contributed by atoms with Crippen molar-refractivity contribution in [3.63, 3.8) is 0 Å². The summed E-state index contributed by atoms with van der Waals surface area (Å²) in [7, 11) is 2.03. The molecule has 1 aromatic heterocycles. The summed E-state index contributed by atoms with van der Waals surface area (Å²) in [5, 5.41) is 0. The fourth-order valence-corrected chi connectivity index (χ4v) is 4.33. The molecule has 3 heterocycles. The molecule has 2 aliphatic heterocycles. The minimum atomic E-state index is 0.161. The number of aromatic nitrogens is 2. The van der Waals surface area contributed by atoms with E-state index < -0.39 is 0 Å². The Labute approximate surface area is 137 Å². The lowest BCUT2D eigenvalue weighted by molar-refractivity contribution is -0.153. The van der Waals surface area contributed by atoms with Gasteiger partial charge < -0.3 is 14.2 Å². The first-order valence-corrected chi connectivity index (χ1v) is 8.80. The van der Waals surface area contributed by atoms with Crippen LogP contribution in [0.4, 0.5) is 0 Å². The fraction of sp³-hybridized carbons (Fsp3) is 0.765. The van der Waals surface area contributed by atoms with E-state index in [1.807, 2.05) is 19.4 Å². The average molecular weight is 318 g/mol. The topological polar surface area (TPSA) is 50.6 Å². The highest BCUT2D eigenvalue weighted by molar-refractivity contribution is 5.78. The molecule has 1 saturated carbocycles. The monoisotopic (exact) mass is 318 g/mol. The number of likely N-dealkylation sites (tertiary alicyclic amines) is 1. The first-order chi connectivity index (χ1) is 11.2. The number of carbonyl (C=O) groups excluding carboxylic acids is 1. The zero-order chi connectivity index (χ0) is 15.8. The van der Waals surface area contributed by atoms with Crippen LogP contribution >= 0.6 is 0 Å². The highest BCUT2D eigenvalue weighted by atomic mass is 16.5. The summed E-state index contributed by atoms with van der Waals surface area (Å²) in [4.78, 5) is 21.3. The number of morpholine rings is 1. The quantitative estimate of drug-likeness (QED) is 0.832. The molecule has 1 aliphatic carbocycles. The third kappa shape index (κ3) is 3.02. The number of carbonyl (C=O) groups is 1. The second kappa shape index (κ2) is 6.24. The van der Waals surface area contributed by atoms with Crippen molar-refractivity contribution >= 4 is 5.91 Å². The van der Waals surface area contributed by atoms with Crippen LogP contribution in [0.15, 0.2) is 12.4 Å². The van der Waals surface area contributed by atoms with Crippen molar-refractivity contribution in [3.8, 4) is 0 Å². The molecule has 0 spiro atoms. The van der Waals surface area contributed by atoms with Gasteiger partial charge in [-0.05, 0) is 18.8 Å². The zero-order valence-corrected chi connectivity index (χ0v) is 13.9. The molecule has 2 atom stereocenters. The summed E-state index contributed by atoms with van der Waals surface area (Å²) in [5.74, 6) is 1.94. The van der Waals surface area contributed by atoms with Crippen LogP contribution in [0.25, 0.3) is 0 Å². The molecule has 0 bridgehead atoms. The summed E-state index contributed by atoms with van der Waals surface area (Å²) in [5.41, 5.74) is 0. The Morgan fingerprint density at radius 2 is 2.13 bits per heavy atom. The lowest BCUT2D eigenvalue weighted by atomic mass is 10.0. The molecule has 4 rings (SSSR count). The molecular weight excluding hydrogens is 292 g/mol. The van der Waals surface area contributed by atoms with E-state index in [0.29, 0.717) is 5.92 Å². The van der Waals surface area contributed by atoms with E-state index in [1.54, 1.807) is 0 Å². The molecule has 0 N–H and O–H groups in total. The number of nitrogens with zero attached hydrogens (tertiary/aromatic N) is 4. The molecule has 0 unspecified atom stereocenters. The van der Waals surface area contributed by atoms with Crippen LogP contribution in [-0.4, -0.2) is 63.6 Å². The molecule has 1 amide bonds. The van der Waals surface area contributed by atoms with Gasteiger partial charge in [0.05, 0.1) is 18.7 Å². The van der Waals surface area contributed by atoms with Crippen molar-refractivity contribution in [2.45, 2.75) is 44.4 Å². The van der Waals surface area contributed by atoms with Crippen molar-refractivity contribution in [2.24, 2.45) is 13.0 Å². The minimum absolute atomic E-state index is 0.161. The standard InChI is InChI=1S/C17H26N4O2/c1-19-7-6-18-16(19)11-20-9-14-15(10-20)23-12-17(22)21(14)8-13-4-2-3-5-13/h6-7,13-15H,2-5,8-12H2,1H3/t14-,15-/m1/s1. The van der Waals surface area contributed by atoms with Gasteiger partial charge in [0.25, 0.3) is 0 Å². The molecule has 6 heteroatoms. The van der Waals surface area contributed by atoms with Crippen LogP contribution in [0.2, 0.25) is 0 Å². The third-order valence-electron chi connectivity index (χ3n) is 5.67. The number of aryl methyl sites for hydroxylation is 1. The van der Waals surface area contributed by atoms with Gasteiger partial charge in [0.15, 0.2) is 0 Å². The van der Waals surface area contributed by atoms with E-state index in [4.69, 9.17) is 4.74 Å². The van der Waals surface area contributed by atoms with Crippen molar-refractivity contribution in [2.75, 3.05) is 26.2 Å². The molecular formula is C17H26N4O2. The Kier molecular flexibility index (Phi) is 4.11. The minimum Gasteiger partial charge on any atom is -0.365 e. The zero-order valence-electron chi connectivity index (χ0n) is 13.9. The summed E-state index contributed by atoms with van der Waals surface area (Å²) < 4.78 is 7.89. The van der Waals surface area contributed by atoms with Gasteiger partial charge in [-0.2, -0.15) is 0 Å². The van der Waals surface area contributed by atoms with Crippen LogP contribution in [0, 0.1) is 5.92 Å². The van der Waals surface area contributed by atoms with Crippen LogP contribution in [0.3, 0.4) is 0 Å². The first-order valence-electron chi connectivity index (χ1n) is 8.80. The maximum atomic E-state index is 12.4. The highest BCUT2D eigenvalue weighted by Crippen LogP contribution is 2.30. The van der Waals surface area contributed by atoms with Crippen molar-refractivity contribution in [1.82, 2.24) is 19.4 Å². The maximum Gasteiger partial charge on any atom is 0.248 e. The van der Waals surface area contributed by atoms with E-state index in [-0.39, 0.29) is 24.7 Å². The molecule has 3 fully saturated rings.